The minimum absolute atomic E-state index is 0.166. The first-order valence-electron chi connectivity index (χ1n) is 7.31. The van der Waals surface area contributed by atoms with Crippen LogP contribution < -0.4 is 0 Å². The molecule has 1 aromatic carbocycles. The molecule has 116 valence electrons. The molecule has 1 fully saturated rings. The first-order valence-corrected chi connectivity index (χ1v) is 7.31. The van der Waals surface area contributed by atoms with Crippen LogP contribution in [0.5, 0.6) is 0 Å². The van der Waals surface area contributed by atoms with Crippen molar-refractivity contribution in [2.24, 2.45) is 5.92 Å². The highest BCUT2D eigenvalue weighted by Crippen LogP contribution is 2.28. The van der Waals surface area contributed by atoms with E-state index in [-0.39, 0.29) is 17.8 Å². The van der Waals surface area contributed by atoms with Crippen LogP contribution in [-0.4, -0.2) is 44.0 Å². The molecule has 1 aliphatic rings. The number of halogens is 2. The number of hydrogen-bond donors (Lipinski definition) is 0. The number of ketones is 1. The maximum Gasteiger partial charge on any atom is 0.169 e. The summed E-state index contributed by atoms with van der Waals surface area (Å²) in [7, 11) is 1.88. The Balaban J connectivity index is 1.68. The Labute approximate surface area is 123 Å². The van der Waals surface area contributed by atoms with Crippen molar-refractivity contribution in [3.8, 4) is 0 Å². The minimum atomic E-state index is -1.06. The molecule has 0 unspecified atom stereocenters. The van der Waals surface area contributed by atoms with Crippen LogP contribution in [0.15, 0.2) is 18.2 Å². The molecule has 0 saturated heterocycles. The van der Waals surface area contributed by atoms with Crippen LogP contribution in [0.2, 0.25) is 0 Å². The monoisotopic (exact) mass is 297 g/mol. The quantitative estimate of drug-likeness (QED) is 0.518. The van der Waals surface area contributed by atoms with Gasteiger partial charge >= 0.3 is 0 Å². The van der Waals surface area contributed by atoms with Crippen LogP contribution >= 0.6 is 0 Å². The SMILES string of the molecule is CN(CCOCC1CC1)CCC(=O)c1cccc(F)c1F. The Morgan fingerprint density at radius 2 is 2.10 bits per heavy atom. The first-order chi connectivity index (χ1) is 10.1. The van der Waals surface area contributed by atoms with E-state index in [1.54, 1.807) is 0 Å². The van der Waals surface area contributed by atoms with Crippen LogP contribution in [0.25, 0.3) is 0 Å². The number of carbonyl (C=O) groups is 1. The van der Waals surface area contributed by atoms with Crippen molar-refractivity contribution < 1.29 is 18.3 Å². The third-order valence-electron chi connectivity index (χ3n) is 3.64. The van der Waals surface area contributed by atoms with E-state index in [0.29, 0.717) is 13.2 Å². The lowest BCUT2D eigenvalue weighted by Gasteiger charge is -2.16. The summed E-state index contributed by atoms with van der Waals surface area (Å²) in [5.41, 5.74) is -0.173. The highest BCUT2D eigenvalue weighted by Gasteiger charge is 2.21. The van der Waals surface area contributed by atoms with E-state index in [0.717, 1.165) is 25.1 Å². The summed E-state index contributed by atoms with van der Waals surface area (Å²) in [4.78, 5) is 13.8. The average Bonchev–Trinajstić information content (AvgIpc) is 3.28. The molecule has 0 radical (unpaired) electrons. The number of nitrogens with zero attached hydrogens (tertiary/aromatic N) is 1. The molecule has 1 saturated carbocycles. The van der Waals surface area contributed by atoms with Crippen molar-refractivity contribution in [2.75, 3.05) is 33.4 Å². The summed E-state index contributed by atoms with van der Waals surface area (Å²) in [6.45, 7) is 2.68. The largest absolute Gasteiger partial charge is 0.380 e. The maximum absolute atomic E-state index is 13.5. The van der Waals surface area contributed by atoms with E-state index in [1.807, 2.05) is 11.9 Å². The molecule has 5 heteroatoms. The van der Waals surface area contributed by atoms with Gasteiger partial charge in [-0.25, -0.2) is 8.78 Å². The van der Waals surface area contributed by atoms with Crippen LogP contribution in [0, 0.1) is 17.6 Å². The van der Waals surface area contributed by atoms with Gasteiger partial charge in [0.05, 0.1) is 12.2 Å². The number of benzene rings is 1. The smallest absolute Gasteiger partial charge is 0.169 e. The fourth-order valence-corrected chi connectivity index (χ4v) is 2.01. The second-order valence-corrected chi connectivity index (χ2v) is 5.60. The minimum Gasteiger partial charge on any atom is -0.380 e. The van der Waals surface area contributed by atoms with Crippen molar-refractivity contribution in [3.63, 3.8) is 0 Å². The molecule has 2 rings (SSSR count). The molecule has 21 heavy (non-hydrogen) atoms. The highest BCUT2D eigenvalue weighted by molar-refractivity contribution is 5.96. The summed E-state index contributed by atoms with van der Waals surface area (Å²) >= 11 is 0. The second kappa shape index (κ2) is 7.61. The third-order valence-corrected chi connectivity index (χ3v) is 3.64. The molecular weight excluding hydrogens is 276 g/mol. The molecule has 0 heterocycles. The summed E-state index contributed by atoms with van der Waals surface area (Å²) in [5.74, 6) is -1.67. The Morgan fingerprint density at radius 3 is 2.81 bits per heavy atom. The number of hydrogen-bond acceptors (Lipinski definition) is 3. The van der Waals surface area contributed by atoms with Crippen molar-refractivity contribution in [2.45, 2.75) is 19.3 Å². The van der Waals surface area contributed by atoms with Crippen LogP contribution in [-0.2, 0) is 4.74 Å². The summed E-state index contributed by atoms with van der Waals surface area (Å²) in [5, 5.41) is 0. The Bertz CT molecular complexity index is 489. The lowest BCUT2D eigenvalue weighted by atomic mass is 10.1. The van der Waals surface area contributed by atoms with Gasteiger partial charge in [-0.3, -0.25) is 4.79 Å². The Hall–Kier alpha value is -1.33. The topological polar surface area (TPSA) is 29.5 Å². The molecule has 3 nitrogen and oxygen atoms in total. The van der Waals surface area contributed by atoms with E-state index in [9.17, 15) is 13.6 Å². The first kappa shape index (κ1) is 16.0. The van der Waals surface area contributed by atoms with E-state index in [1.165, 1.54) is 25.0 Å². The molecule has 0 spiro atoms. The Kier molecular flexibility index (Phi) is 5.82. The normalized spacial score (nSPS) is 14.7. The molecule has 0 aliphatic heterocycles. The molecule has 1 aliphatic carbocycles. The molecule has 0 N–H and O–H groups in total. The molecule has 0 bridgehead atoms. The fourth-order valence-electron chi connectivity index (χ4n) is 2.01. The zero-order chi connectivity index (χ0) is 15.2. The van der Waals surface area contributed by atoms with Crippen molar-refractivity contribution in [3.05, 3.63) is 35.4 Å². The zero-order valence-electron chi connectivity index (χ0n) is 12.3. The lowest BCUT2D eigenvalue weighted by Crippen LogP contribution is -2.26. The van der Waals surface area contributed by atoms with Crippen LogP contribution in [0.3, 0.4) is 0 Å². The number of carbonyl (C=O) groups excluding carboxylic acids is 1. The second-order valence-electron chi connectivity index (χ2n) is 5.60. The van der Waals surface area contributed by atoms with Crippen molar-refractivity contribution >= 4 is 5.78 Å². The predicted molar refractivity (Wildman–Crippen MR) is 76.3 cm³/mol. The van der Waals surface area contributed by atoms with E-state index in [2.05, 4.69) is 0 Å². The van der Waals surface area contributed by atoms with Gasteiger partial charge in [-0.1, -0.05) is 6.07 Å². The third kappa shape index (κ3) is 5.17. The van der Waals surface area contributed by atoms with Gasteiger partial charge in [-0.2, -0.15) is 0 Å². The lowest BCUT2D eigenvalue weighted by molar-refractivity contribution is 0.0914. The van der Waals surface area contributed by atoms with Gasteiger partial charge in [0.1, 0.15) is 0 Å². The number of Topliss-reactive ketones (excluding diaryl/α,β-unsaturated/α-hetero) is 1. The highest BCUT2D eigenvalue weighted by atomic mass is 19.2. The molecular formula is C16H21F2NO2. The molecule has 1 aromatic rings. The molecule has 0 amide bonds. The van der Waals surface area contributed by atoms with Crippen LogP contribution in [0.1, 0.15) is 29.6 Å². The fraction of sp³-hybridized carbons (Fsp3) is 0.562. The van der Waals surface area contributed by atoms with Gasteiger partial charge in [-0.05, 0) is 37.9 Å². The van der Waals surface area contributed by atoms with Gasteiger partial charge < -0.3 is 9.64 Å². The van der Waals surface area contributed by atoms with Gasteiger partial charge in [0.25, 0.3) is 0 Å². The van der Waals surface area contributed by atoms with E-state index in [4.69, 9.17) is 4.74 Å². The predicted octanol–water partition coefficient (Wildman–Crippen LogP) is 2.90. The van der Waals surface area contributed by atoms with E-state index < -0.39 is 11.6 Å². The summed E-state index contributed by atoms with van der Waals surface area (Å²) in [6.07, 6.45) is 2.70. The van der Waals surface area contributed by atoms with Gasteiger partial charge in [0.15, 0.2) is 17.4 Å². The van der Waals surface area contributed by atoms with Gasteiger partial charge in [-0.15, -0.1) is 0 Å². The maximum atomic E-state index is 13.5. The molecule has 0 atom stereocenters. The van der Waals surface area contributed by atoms with Crippen molar-refractivity contribution in [1.29, 1.82) is 0 Å². The number of likely N-dealkylation sites (N-methyl/N-ethyl adjacent to an activating group) is 1. The van der Waals surface area contributed by atoms with Gasteiger partial charge in [0, 0.05) is 26.1 Å². The number of ether oxygens (including phenoxy) is 1. The Morgan fingerprint density at radius 1 is 1.33 bits per heavy atom. The van der Waals surface area contributed by atoms with Crippen LogP contribution in [0.4, 0.5) is 8.78 Å². The van der Waals surface area contributed by atoms with E-state index >= 15 is 0 Å². The zero-order valence-corrected chi connectivity index (χ0v) is 12.3. The standard InChI is InChI=1S/C16H21F2NO2/c1-19(9-10-21-11-12-5-6-12)8-7-15(20)13-3-2-4-14(17)16(13)18/h2-4,12H,5-11H2,1H3. The summed E-state index contributed by atoms with van der Waals surface area (Å²) in [6, 6.07) is 3.68. The van der Waals surface area contributed by atoms with Gasteiger partial charge in [0.2, 0.25) is 0 Å². The number of rotatable bonds is 9. The summed E-state index contributed by atoms with van der Waals surface area (Å²) < 4.78 is 32.1. The molecule has 0 aromatic heterocycles. The van der Waals surface area contributed by atoms with Crippen molar-refractivity contribution in [1.82, 2.24) is 4.90 Å². The average molecular weight is 297 g/mol.